The predicted molar refractivity (Wildman–Crippen MR) is 76.6 cm³/mol. The number of hydrogen-bond acceptors (Lipinski definition) is 4. The van der Waals surface area contributed by atoms with Crippen LogP contribution in [-0.2, 0) is 21.0 Å². The molecule has 0 aromatic heterocycles. The van der Waals surface area contributed by atoms with E-state index in [1.807, 2.05) is 7.05 Å². The highest BCUT2D eigenvalue weighted by Gasteiger charge is 2.34. The van der Waals surface area contributed by atoms with Gasteiger partial charge in [-0.3, -0.25) is 4.21 Å². The average Bonchev–Trinajstić information content (AvgIpc) is 2.40. The maximum absolute atomic E-state index is 12.4. The van der Waals surface area contributed by atoms with Crippen molar-refractivity contribution >= 4 is 21.0 Å². The first-order chi connectivity index (χ1) is 9.04. The van der Waals surface area contributed by atoms with Gasteiger partial charge in [0.2, 0.25) is 0 Å². The van der Waals surface area contributed by atoms with Gasteiger partial charge in [-0.15, -0.1) is 0 Å². The second-order valence-electron chi connectivity index (χ2n) is 5.15. The fourth-order valence-electron chi connectivity index (χ4n) is 2.65. The lowest BCUT2D eigenvalue weighted by molar-refractivity contribution is 0.253. The van der Waals surface area contributed by atoms with Crippen molar-refractivity contribution in [2.75, 3.05) is 51.3 Å². The van der Waals surface area contributed by atoms with E-state index in [-0.39, 0.29) is 0 Å². The van der Waals surface area contributed by atoms with Crippen LogP contribution in [0.25, 0.3) is 0 Å². The van der Waals surface area contributed by atoms with E-state index < -0.39 is 21.0 Å². The van der Waals surface area contributed by atoms with Crippen molar-refractivity contribution < 1.29 is 12.6 Å². The lowest BCUT2D eigenvalue weighted by Gasteiger charge is -2.36. The molecular formula is C11H23N3O3S2. The van der Waals surface area contributed by atoms with Crippen LogP contribution in [0.1, 0.15) is 12.8 Å². The zero-order valence-electron chi connectivity index (χ0n) is 11.4. The molecule has 0 aromatic rings. The van der Waals surface area contributed by atoms with E-state index in [1.54, 1.807) is 4.31 Å². The molecule has 8 heteroatoms. The molecule has 2 heterocycles. The van der Waals surface area contributed by atoms with Crippen molar-refractivity contribution in [1.29, 1.82) is 0 Å². The molecule has 2 fully saturated rings. The molecule has 0 radical (unpaired) electrons. The number of piperidine rings is 1. The molecule has 0 amide bonds. The Morgan fingerprint density at radius 2 is 1.63 bits per heavy atom. The average molecular weight is 309 g/mol. The molecule has 0 unspecified atom stereocenters. The highest BCUT2D eigenvalue weighted by molar-refractivity contribution is 7.87. The third kappa shape index (κ3) is 3.75. The molecule has 6 nitrogen and oxygen atoms in total. The summed E-state index contributed by atoms with van der Waals surface area (Å²) in [6.07, 6.45) is 1.83. The molecule has 2 aliphatic rings. The van der Waals surface area contributed by atoms with Crippen molar-refractivity contribution in [3.63, 3.8) is 0 Å². The number of rotatable bonds is 4. The van der Waals surface area contributed by atoms with Crippen LogP contribution in [0.3, 0.4) is 0 Å². The fourth-order valence-corrected chi connectivity index (χ4v) is 5.57. The Bertz CT molecular complexity index is 409. The summed E-state index contributed by atoms with van der Waals surface area (Å²) in [7, 11) is -2.25. The number of nitrogens with zero attached hydrogens (tertiary/aromatic N) is 2. The molecule has 19 heavy (non-hydrogen) atoms. The zero-order valence-corrected chi connectivity index (χ0v) is 13.0. The first-order valence-corrected chi connectivity index (χ1v) is 9.67. The van der Waals surface area contributed by atoms with Crippen LogP contribution in [0.5, 0.6) is 0 Å². The summed E-state index contributed by atoms with van der Waals surface area (Å²) in [4.78, 5) is 0. The quantitative estimate of drug-likeness (QED) is 0.740. The van der Waals surface area contributed by atoms with Crippen molar-refractivity contribution in [1.82, 2.24) is 13.9 Å². The maximum atomic E-state index is 12.4. The van der Waals surface area contributed by atoms with E-state index in [0.717, 1.165) is 19.4 Å². The van der Waals surface area contributed by atoms with E-state index in [1.165, 1.54) is 4.31 Å². The van der Waals surface area contributed by atoms with Crippen LogP contribution in [0.2, 0.25) is 0 Å². The highest BCUT2D eigenvalue weighted by Crippen LogP contribution is 2.21. The third-order valence-electron chi connectivity index (χ3n) is 3.86. The first-order valence-electron chi connectivity index (χ1n) is 6.79. The van der Waals surface area contributed by atoms with Gasteiger partial charge in [0, 0.05) is 48.5 Å². The monoisotopic (exact) mass is 309 g/mol. The lowest BCUT2D eigenvalue weighted by Crippen LogP contribution is -2.51. The summed E-state index contributed by atoms with van der Waals surface area (Å²) in [6, 6.07) is 0. The second kappa shape index (κ2) is 6.62. The summed E-state index contributed by atoms with van der Waals surface area (Å²) in [5.41, 5.74) is 0. The normalized spacial score (nSPS) is 25.7. The van der Waals surface area contributed by atoms with E-state index >= 15 is 0 Å². The van der Waals surface area contributed by atoms with Gasteiger partial charge in [-0.05, 0) is 32.4 Å². The molecule has 0 aliphatic carbocycles. The molecule has 0 atom stereocenters. The minimum Gasteiger partial charge on any atom is -0.319 e. The zero-order chi connectivity index (χ0) is 13.9. The number of nitrogens with one attached hydrogen (secondary N) is 1. The van der Waals surface area contributed by atoms with Crippen LogP contribution < -0.4 is 5.32 Å². The van der Waals surface area contributed by atoms with Crippen molar-refractivity contribution in [2.24, 2.45) is 5.92 Å². The summed E-state index contributed by atoms with van der Waals surface area (Å²) in [5, 5.41) is 3.15. The van der Waals surface area contributed by atoms with Gasteiger partial charge in [-0.1, -0.05) is 0 Å². The Kier molecular flexibility index (Phi) is 5.36. The summed E-state index contributed by atoms with van der Waals surface area (Å²) < 4.78 is 39.3. The molecule has 112 valence electrons. The van der Waals surface area contributed by atoms with Gasteiger partial charge in [-0.25, -0.2) is 0 Å². The van der Waals surface area contributed by atoms with Crippen molar-refractivity contribution in [3.8, 4) is 0 Å². The van der Waals surface area contributed by atoms with Gasteiger partial charge in [0.15, 0.2) is 0 Å². The van der Waals surface area contributed by atoms with Crippen LogP contribution in [0.15, 0.2) is 0 Å². The predicted octanol–water partition coefficient (Wildman–Crippen LogP) is -0.773. The molecule has 2 saturated heterocycles. The summed E-state index contributed by atoms with van der Waals surface area (Å²) >= 11 is 0. The highest BCUT2D eigenvalue weighted by atomic mass is 32.2. The molecule has 0 spiro atoms. The smallest absolute Gasteiger partial charge is 0.282 e. The van der Waals surface area contributed by atoms with Gasteiger partial charge in [0.25, 0.3) is 10.2 Å². The number of hydrogen-bond donors (Lipinski definition) is 1. The molecule has 0 aromatic carbocycles. The van der Waals surface area contributed by atoms with E-state index in [0.29, 0.717) is 43.6 Å². The van der Waals surface area contributed by atoms with Gasteiger partial charge in [0.05, 0.1) is 0 Å². The first kappa shape index (κ1) is 15.4. The molecule has 0 bridgehead atoms. The van der Waals surface area contributed by atoms with Crippen LogP contribution >= 0.6 is 0 Å². The Hall–Kier alpha value is -0.0200. The maximum Gasteiger partial charge on any atom is 0.282 e. The van der Waals surface area contributed by atoms with Crippen molar-refractivity contribution in [3.05, 3.63) is 0 Å². The molecule has 1 N–H and O–H groups in total. The van der Waals surface area contributed by atoms with Crippen LogP contribution in [0, 0.1) is 5.92 Å². The van der Waals surface area contributed by atoms with Crippen molar-refractivity contribution in [2.45, 2.75) is 12.8 Å². The Morgan fingerprint density at radius 1 is 1.11 bits per heavy atom. The van der Waals surface area contributed by atoms with E-state index in [2.05, 4.69) is 5.32 Å². The molecular weight excluding hydrogens is 286 g/mol. The van der Waals surface area contributed by atoms with Crippen LogP contribution in [0.4, 0.5) is 0 Å². The van der Waals surface area contributed by atoms with Gasteiger partial charge < -0.3 is 5.32 Å². The van der Waals surface area contributed by atoms with Gasteiger partial charge in [-0.2, -0.15) is 17.0 Å². The minimum absolute atomic E-state index is 0.394. The van der Waals surface area contributed by atoms with E-state index in [9.17, 15) is 12.6 Å². The standard InChI is InChI=1S/C11H23N3O3S2/c1-12-10-11-2-4-13(5-3-11)19(16,17)14-6-8-18(15)9-7-14/h11-12H,2-10H2,1H3. The molecule has 2 rings (SSSR count). The molecule has 0 saturated carbocycles. The molecule has 2 aliphatic heterocycles. The van der Waals surface area contributed by atoms with Gasteiger partial charge >= 0.3 is 0 Å². The fraction of sp³-hybridized carbons (Fsp3) is 1.00. The SMILES string of the molecule is CNCC1CCN(S(=O)(=O)N2CCS(=O)CC2)CC1. The minimum atomic E-state index is -3.34. The Balaban J connectivity index is 1.92. The Morgan fingerprint density at radius 3 is 2.16 bits per heavy atom. The summed E-state index contributed by atoms with van der Waals surface area (Å²) in [6.45, 7) is 2.95. The topological polar surface area (TPSA) is 69.7 Å². The second-order valence-corrected chi connectivity index (χ2v) is 8.78. The van der Waals surface area contributed by atoms with E-state index in [4.69, 9.17) is 0 Å². The Labute approximate surface area is 118 Å². The largest absolute Gasteiger partial charge is 0.319 e. The summed E-state index contributed by atoms with van der Waals surface area (Å²) in [5.74, 6) is 1.51. The lowest BCUT2D eigenvalue weighted by atomic mass is 9.98. The third-order valence-corrected chi connectivity index (χ3v) is 7.17. The van der Waals surface area contributed by atoms with Crippen LogP contribution in [-0.4, -0.2) is 72.5 Å². The van der Waals surface area contributed by atoms with Gasteiger partial charge in [0.1, 0.15) is 0 Å².